The van der Waals surface area contributed by atoms with Crippen molar-refractivity contribution in [3.8, 4) is 0 Å². The van der Waals surface area contributed by atoms with Crippen LogP contribution in [0.3, 0.4) is 0 Å². The summed E-state index contributed by atoms with van der Waals surface area (Å²) >= 11 is 0. The van der Waals surface area contributed by atoms with Crippen LogP contribution in [0.15, 0.2) is 0 Å². The van der Waals surface area contributed by atoms with Gasteiger partial charge >= 0.3 is 5.97 Å². The van der Waals surface area contributed by atoms with E-state index in [2.05, 4.69) is 13.8 Å². The van der Waals surface area contributed by atoms with Gasteiger partial charge in [0.25, 0.3) is 0 Å². The average Bonchev–Trinajstić information content (AvgIpc) is 3.38. The molecule has 2 nitrogen and oxygen atoms in total. The number of hydrogen-bond acceptors (Lipinski definition) is 2. The van der Waals surface area contributed by atoms with Crippen molar-refractivity contribution in [2.24, 2.45) is 59.2 Å². The number of hydrogen-bond donors (Lipinski definition) is 0. The number of carbonyl (C=O) groups is 1. The maximum atomic E-state index is 13.2. The van der Waals surface area contributed by atoms with E-state index in [9.17, 15) is 4.79 Å². The van der Waals surface area contributed by atoms with E-state index in [0.717, 1.165) is 54.3 Å². The first-order valence-electron chi connectivity index (χ1n) is 11.3. The van der Waals surface area contributed by atoms with Gasteiger partial charge in [0, 0.05) is 5.92 Å². The standard InChI is InChI=1S/C23H34O2/c1-3-23(25-22(24)18-9-15-8-16(18)6-12(15)2)11-17-10-19(23)21-14-5-4-13(7-14)20(17)21/h12-21H,3-11H2,1-2H3. The molecule has 0 aliphatic heterocycles. The molecule has 6 bridgehead atoms. The zero-order chi connectivity index (χ0) is 16.9. The Hall–Kier alpha value is -0.530. The fraction of sp³-hybridized carbons (Fsp3) is 0.957. The maximum absolute atomic E-state index is 13.2. The molecule has 0 spiro atoms. The van der Waals surface area contributed by atoms with Crippen LogP contribution in [0.4, 0.5) is 0 Å². The van der Waals surface area contributed by atoms with Gasteiger partial charge in [0.2, 0.25) is 0 Å². The molecule has 6 aliphatic rings. The summed E-state index contributed by atoms with van der Waals surface area (Å²) in [5.74, 6) is 8.20. The SMILES string of the molecule is CCC1(OC(=O)C2CC3CC2CC3C)CC2CC1C1C3CCC(C3)C21. The van der Waals surface area contributed by atoms with Crippen LogP contribution in [0, 0.1) is 59.2 Å². The highest BCUT2D eigenvalue weighted by Crippen LogP contribution is 2.71. The molecule has 0 N–H and O–H groups in total. The van der Waals surface area contributed by atoms with E-state index < -0.39 is 0 Å². The normalized spacial score (nSPS) is 60.4. The molecule has 0 radical (unpaired) electrons. The topological polar surface area (TPSA) is 26.3 Å². The van der Waals surface area contributed by atoms with Crippen LogP contribution in [0.25, 0.3) is 0 Å². The van der Waals surface area contributed by atoms with Crippen molar-refractivity contribution in [3.05, 3.63) is 0 Å². The molecule has 11 unspecified atom stereocenters. The molecule has 0 amide bonds. The lowest BCUT2D eigenvalue weighted by atomic mass is 9.65. The highest BCUT2D eigenvalue weighted by Gasteiger charge is 2.68. The first kappa shape index (κ1) is 15.5. The number of rotatable bonds is 3. The van der Waals surface area contributed by atoms with Crippen LogP contribution in [-0.4, -0.2) is 11.6 Å². The van der Waals surface area contributed by atoms with Crippen molar-refractivity contribution in [1.29, 1.82) is 0 Å². The molecule has 11 atom stereocenters. The third kappa shape index (κ3) is 1.90. The summed E-state index contributed by atoms with van der Waals surface area (Å²) in [4.78, 5) is 13.2. The van der Waals surface area contributed by atoms with E-state index in [4.69, 9.17) is 4.74 Å². The molecule has 0 saturated heterocycles. The number of esters is 1. The predicted octanol–water partition coefficient (Wildman–Crippen LogP) is 5.06. The van der Waals surface area contributed by atoms with Gasteiger partial charge in [-0.1, -0.05) is 13.8 Å². The zero-order valence-corrected chi connectivity index (χ0v) is 16.0. The Bertz CT molecular complexity index is 597. The Morgan fingerprint density at radius 1 is 0.920 bits per heavy atom. The summed E-state index contributed by atoms with van der Waals surface area (Å²) in [7, 11) is 0. The van der Waals surface area contributed by atoms with Crippen molar-refractivity contribution < 1.29 is 9.53 Å². The molecule has 6 rings (SSSR count). The smallest absolute Gasteiger partial charge is 0.309 e. The third-order valence-electron chi connectivity index (χ3n) is 10.3. The predicted molar refractivity (Wildman–Crippen MR) is 96.6 cm³/mol. The van der Waals surface area contributed by atoms with Gasteiger partial charge in [0.1, 0.15) is 5.60 Å². The summed E-state index contributed by atoms with van der Waals surface area (Å²) in [5.41, 5.74) is -0.0825. The summed E-state index contributed by atoms with van der Waals surface area (Å²) < 4.78 is 6.53. The highest BCUT2D eigenvalue weighted by molar-refractivity contribution is 5.74. The lowest BCUT2D eigenvalue weighted by Gasteiger charge is -2.46. The van der Waals surface area contributed by atoms with Gasteiger partial charge in [-0.15, -0.1) is 0 Å². The molecule has 0 aromatic carbocycles. The fourth-order valence-corrected chi connectivity index (χ4v) is 9.42. The highest BCUT2D eigenvalue weighted by atomic mass is 16.6. The van der Waals surface area contributed by atoms with Crippen molar-refractivity contribution in [1.82, 2.24) is 0 Å². The van der Waals surface area contributed by atoms with E-state index in [1.165, 1.54) is 44.9 Å². The van der Waals surface area contributed by atoms with E-state index in [1.807, 2.05) is 0 Å². The second-order valence-electron chi connectivity index (χ2n) is 10.9. The minimum Gasteiger partial charge on any atom is -0.459 e. The Balaban J connectivity index is 1.22. The Kier molecular flexibility index (Phi) is 3.13. The first-order chi connectivity index (χ1) is 12.1. The number of carbonyl (C=O) groups excluding carboxylic acids is 1. The molecule has 0 aromatic rings. The minimum atomic E-state index is -0.0825. The van der Waals surface area contributed by atoms with Gasteiger partial charge in [-0.05, 0) is 105 Å². The quantitative estimate of drug-likeness (QED) is 0.529. The first-order valence-corrected chi connectivity index (χ1v) is 11.3. The van der Waals surface area contributed by atoms with E-state index in [1.54, 1.807) is 0 Å². The van der Waals surface area contributed by atoms with Crippen LogP contribution < -0.4 is 0 Å². The van der Waals surface area contributed by atoms with Gasteiger partial charge in [0.05, 0.1) is 5.92 Å². The lowest BCUT2D eigenvalue weighted by Crippen LogP contribution is -2.48. The minimum absolute atomic E-state index is 0.0825. The maximum Gasteiger partial charge on any atom is 0.309 e. The molecule has 2 heteroatoms. The van der Waals surface area contributed by atoms with Crippen LogP contribution in [0.5, 0.6) is 0 Å². The van der Waals surface area contributed by atoms with Crippen molar-refractivity contribution in [3.63, 3.8) is 0 Å². The second kappa shape index (κ2) is 5.04. The molecule has 6 aliphatic carbocycles. The van der Waals surface area contributed by atoms with Crippen molar-refractivity contribution in [2.45, 2.75) is 77.2 Å². The van der Waals surface area contributed by atoms with Gasteiger partial charge in [-0.25, -0.2) is 0 Å². The monoisotopic (exact) mass is 342 g/mol. The number of fused-ring (bicyclic) bond motifs is 11. The van der Waals surface area contributed by atoms with Gasteiger partial charge in [-0.3, -0.25) is 4.79 Å². The van der Waals surface area contributed by atoms with Gasteiger partial charge < -0.3 is 4.74 Å². The molecule has 6 fully saturated rings. The molecule has 0 aromatic heterocycles. The van der Waals surface area contributed by atoms with Crippen LogP contribution in [0.1, 0.15) is 71.6 Å². The summed E-state index contributed by atoms with van der Waals surface area (Å²) in [5, 5.41) is 0. The summed E-state index contributed by atoms with van der Waals surface area (Å²) in [6, 6.07) is 0. The molecule has 138 valence electrons. The Labute approximate surface area is 152 Å². The molecule has 0 heterocycles. The molecular formula is C23H34O2. The van der Waals surface area contributed by atoms with E-state index in [0.29, 0.717) is 11.8 Å². The zero-order valence-electron chi connectivity index (χ0n) is 16.0. The summed E-state index contributed by atoms with van der Waals surface area (Å²) in [6.45, 7) is 4.67. The molecule has 25 heavy (non-hydrogen) atoms. The van der Waals surface area contributed by atoms with Gasteiger partial charge in [-0.2, -0.15) is 0 Å². The van der Waals surface area contributed by atoms with Crippen molar-refractivity contribution in [2.75, 3.05) is 0 Å². The number of ether oxygens (including phenoxy) is 1. The van der Waals surface area contributed by atoms with E-state index >= 15 is 0 Å². The average molecular weight is 343 g/mol. The van der Waals surface area contributed by atoms with E-state index in [-0.39, 0.29) is 17.5 Å². The Morgan fingerprint density at radius 3 is 2.36 bits per heavy atom. The molecule has 6 saturated carbocycles. The van der Waals surface area contributed by atoms with Crippen LogP contribution in [0.2, 0.25) is 0 Å². The molecular weight excluding hydrogens is 308 g/mol. The lowest BCUT2D eigenvalue weighted by molar-refractivity contribution is -0.179. The fourth-order valence-electron chi connectivity index (χ4n) is 9.42. The summed E-state index contributed by atoms with van der Waals surface area (Å²) in [6.07, 6.45) is 11.8. The third-order valence-corrected chi connectivity index (χ3v) is 10.3. The van der Waals surface area contributed by atoms with Crippen molar-refractivity contribution >= 4 is 5.97 Å². The Morgan fingerprint density at radius 2 is 1.68 bits per heavy atom. The van der Waals surface area contributed by atoms with Crippen LogP contribution in [-0.2, 0) is 9.53 Å². The second-order valence-corrected chi connectivity index (χ2v) is 10.9. The van der Waals surface area contributed by atoms with Crippen LogP contribution >= 0.6 is 0 Å². The van der Waals surface area contributed by atoms with Gasteiger partial charge in [0.15, 0.2) is 0 Å². The largest absolute Gasteiger partial charge is 0.459 e.